The molecule has 206 valence electrons. The van der Waals surface area contributed by atoms with Crippen LogP contribution in [0.3, 0.4) is 0 Å². The number of anilines is 2. The zero-order valence-corrected chi connectivity index (χ0v) is 22.2. The molecule has 0 spiro atoms. The van der Waals surface area contributed by atoms with Crippen LogP contribution in [0.1, 0.15) is 41.6 Å². The molecule has 0 amide bonds. The summed E-state index contributed by atoms with van der Waals surface area (Å²) in [5.74, 6) is 5.54. The van der Waals surface area contributed by atoms with Gasteiger partial charge in [-0.25, -0.2) is 9.78 Å². The maximum Gasteiger partial charge on any atom is 0.447 e. The number of piperidine rings is 1. The Hall–Kier alpha value is -3.56. The number of alkyl halides is 3. The molecule has 0 aliphatic carbocycles. The van der Waals surface area contributed by atoms with Crippen LogP contribution in [-0.4, -0.2) is 69.7 Å². The van der Waals surface area contributed by atoms with Crippen LogP contribution in [-0.2, 0) is 0 Å². The van der Waals surface area contributed by atoms with Gasteiger partial charge in [-0.1, -0.05) is 11.8 Å². The summed E-state index contributed by atoms with van der Waals surface area (Å²) in [5.41, 5.74) is -3.13. The monoisotopic (exact) mass is 559 g/mol. The number of benzene rings is 1. The van der Waals surface area contributed by atoms with Crippen molar-refractivity contribution in [1.82, 2.24) is 14.3 Å². The van der Waals surface area contributed by atoms with Gasteiger partial charge in [-0.05, 0) is 57.0 Å². The Labute approximate surface area is 227 Å². The number of fused-ring (bicyclic) bond motifs is 3. The van der Waals surface area contributed by atoms with Gasteiger partial charge in [0.2, 0.25) is 0 Å². The number of hydrogen-bond acceptors (Lipinski definition) is 7. The normalized spacial score (nSPS) is 20.9. The number of halogens is 3. The average molecular weight is 560 g/mol. The van der Waals surface area contributed by atoms with E-state index in [1.807, 2.05) is 0 Å². The highest BCUT2D eigenvalue weighted by Gasteiger charge is 2.40. The summed E-state index contributed by atoms with van der Waals surface area (Å²) in [6.07, 6.45) is 7.35. The second-order valence-electron chi connectivity index (χ2n) is 9.61. The molecule has 12 heteroatoms. The molecular weight excluding hydrogens is 531 g/mol. The lowest BCUT2D eigenvalue weighted by Gasteiger charge is -2.38. The van der Waals surface area contributed by atoms with Crippen LogP contribution in [0.2, 0.25) is 0 Å². The summed E-state index contributed by atoms with van der Waals surface area (Å²) in [5, 5.41) is 15.7. The number of carbonyl (C=O) groups is 1. The van der Waals surface area contributed by atoms with E-state index < -0.39 is 11.5 Å². The highest BCUT2D eigenvalue weighted by molar-refractivity contribution is 8.00. The largest absolute Gasteiger partial charge is 0.495 e. The first-order chi connectivity index (χ1) is 18.6. The number of carboxylic acids is 1. The summed E-state index contributed by atoms with van der Waals surface area (Å²) < 4.78 is 47.3. The minimum atomic E-state index is -4.50. The first-order valence-electron chi connectivity index (χ1n) is 12.5. The summed E-state index contributed by atoms with van der Waals surface area (Å²) in [7, 11) is 3.55. The van der Waals surface area contributed by atoms with Gasteiger partial charge >= 0.3 is 11.5 Å². The van der Waals surface area contributed by atoms with E-state index in [-0.39, 0.29) is 40.5 Å². The topological polar surface area (TPSA) is 91.1 Å². The molecule has 39 heavy (non-hydrogen) atoms. The first-order valence-corrected chi connectivity index (χ1v) is 13.3. The third-order valence-corrected chi connectivity index (χ3v) is 8.24. The minimum Gasteiger partial charge on any atom is -0.495 e. The van der Waals surface area contributed by atoms with Gasteiger partial charge in [0.1, 0.15) is 10.8 Å². The number of hydrogen-bond donors (Lipinski definition) is 3. The van der Waals surface area contributed by atoms with Gasteiger partial charge < -0.3 is 24.9 Å². The number of rotatable bonds is 7. The fourth-order valence-corrected chi connectivity index (χ4v) is 6.22. The number of thioether (sulfide) groups is 1. The van der Waals surface area contributed by atoms with Gasteiger partial charge in [-0.15, -0.1) is 0 Å². The average Bonchev–Trinajstić information content (AvgIpc) is 3.34. The summed E-state index contributed by atoms with van der Waals surface area (Å²) in [6.45, 7) is 0.103. The Kier molecular flexibility index (Phi) is 7.55. The quantitative estimate of drug-likeness (QED) is 0.270. The number of aromatic nitrogens is 2. The molecule has 2 aliphatic rings. The Bertz CT molecular complexity index is 1450. The minimum absolute atomic E-state index is 0.0273. The highest BCUT2D eigenvalue weighted by Crippen LogP contribution is 2.41. The van der Waals surface area contributed by atoms with Crippen molar-refractivity contribution >= 4 is 34.8 Å². The van der Waals surface area contributed by atoms with E-state index in [0.717, 1.165) is 25.7 Å². The van der Waals surface area contributed by atoms with Crippen molar-refractivity contribution in [3.63, 3.8) is 0 Å². The number of likely N-dealkylation sites (N-methyl/N-ethyl adjacent to an activating group) is 1. The van der Waals surface area contributed by atoms with Crippen LogP contribution in [0.25, 0.3) is 5.52 Å². The van der Waals surface area contributed by atoms with Crippen molar-refractivity contribution in [2.75, 3.05) is 31.3 Å². The number of nitrogens with one attached hydrogen (secondary N) is 2. The second-order valence-corrected chi connectivity index (χ2v) is 10.7. The van der Waals surface area contributed by atoms with E-state index in [1.165, 1.54) is 36.0 Å². The molecule has 5 rings (SSSR count). The molecule has 3 atom stereocenters. The fourth-order valence-electron chi connectivity index (χ4n) is 5.52. The maximum atomic E-state index is 13.5. The lowest BCUT2D eigenvalue weighted by Crippen LogP contribution is -2.48. The van der Waals surface area contributed by atoms with Gasteiger partial charge in [0, 0.05) is 42.3 Å². The van der Waals surface area contributed by atoms with Crippen LogP contribution in [0.15, 0.2) is 41.7 Å². The fraction of sp³-hybridized carbons (Fsp3) is 0.407. The Morgan fingerprint density at radius 2 is 2.05 bits per heavy atom. The van der Waals surface area contributed by atoms with Crippen molar-refractivity contribution in [2.45, 2.75) is 54.3 Å². The molecule has 1 aromatic carbocycles. The van der Waals surface area contributed by atoms with Crippen LogP contribution in [0, 0.1) is 11.8 Å². The maximum absolute atomic E-state index is 13.5. The van der Waals surface area contributed by atoms with Crippen molar-refractivity contribution in [2.24, 2.45) is 0 Å². The van der Waals surface area contributed by atoms with E-state index in [4.69, 9.17) is 9.84 Å². The summed E-state index contributed by atoms with van der Waals surface area (Å²) >= 11 is -0.204. The molecule has 3 aromatic rings. The third kappa shape index (κ3) is 5.74. The number of aromatic carboxylic acids is 1. The van der Waals surface area contributed by atoms with Crippen molar-refractivity contribution in [3.8, 4) is 17.6 Å². The predicted molar refractivity (Wildman–Crippen MR) is 144 cm³/mol. The smallest absolute Gasteiger partial charge is 0.447 e. The van der Waals surface area contributed by atoms with Crippen LogP contribution < -0.4 is 15.4 Å². The Morgan fingerprint density at radius 3 is 2.79 bits per heavy atom. The lowest BCUT2D eigenvalue weighted by atomic mass is 9.98. The number of ether oxygens (including phenoxy) is 1. The van der Waals surface area contributed by atoms with Crippen LogP contribution in [0.4, 0.5) is 24.7 Å². The zero-order chi connectivity index (χ0) is 27.7. The Morgan fingerprint density at radius 1 is 1.26 bits per heavy atom. The first kappa shape index (κ1) is 27.0. The molecule has 2 aromatic heterocycles. The Balaban J connectivity index is 1.41. The molecule has 2 bridgehead atoms. The van der Waals surface area contributed by atoms with Crippen LogP contribution >= 0.6 is 11.8 Å². The third-order valence-electron chi connectivity index (χ3n) is 7.40. The molecule has 0 unspecified atom stereocenters. The molecule has 2 fully saturated rings. The highest BCUT2D eigenvalue weighted by atomic mass is 32.2. The summed E-state index contributed by atoms with van der Waals surface area (Å²) in [6, 6.07) is 7.15. The molecule has 0 radical (unpaired) electrons. The van der Waals surface area contributed by atoms with E-state index in [9.17, 15) is 18.0 Å². The van der Waals surface area contributed by atoms with E-state index in [2.05, 4.69) is 39.4 Å². The lowest BCUT2D eigenvalue weighted by molar-refractivity contribution is -0.0330. The van der Waals surface area contributed by atoms with E-state index in [0.29, 0.717) is 34.9 Å². The van der Waals surface area contributed by atoms with Crippen molar-refractivity contribution in [1.29, 1.82) is 0 Å². The van der Waals surface area contributed by atoms with Gasteiger partial charge in [0.15, 0.2) is 5.82 Å². The standard InChI is InChI=1S/C27H28F3N5O3S/c1-34-18-6-9-19(21(34)10-7-18)33-24-22-14-16(25(39-27(28,29)30)35(22)13-12-32-24)4-3-11-31-20-8-5-17(26(36)37)15-23(20)38-2/h5,8,12-15,18-19,21,31H,6-7,9-11H2,1-2H3,(H,32,33)(H,36,37)/t18-,19-,21-/m1/s1. The zero-order valence-electron chi connectivity index (χ0n) is 21.4. The van der Waals surface area contributed by atoms with Gasteiger partial charge in [-0.3, -0.25) is 4.90 Å². The molecular formula is C27H28F3N5O3S. The molecule has 0 saturated carbocycles. The molecule has 2 aliphatic heterocycles. The van der Waals surface area contributed by atoms with Crippen LogP contribution in [0.5, 0.6) is 5.75 Å². The van der Waals surface area contributed by atoms with Crippen molar-refractivity contribution < 1.29 is 27.8 Å². The molecule has 4 heterocycles. The van der Waals surface area contributed by atoms with Gasteiger partial charge in [0.25, 0.3) is 0 Å². The van der Waals surface area contributed by atoms with Crippen molar-refractivity contribution in [3.05, 3.63) is 47.8 Å². The predicted octanol–water partition coefficient (Wildman–Crippen LogP) is 5.15. The number of methoxy groups -OCH3 is 1. The number of carboxylic acid groups (broad SMARTS) is 1. The SMILES string of the molecule is COc1cc(C(=O)O)ccc1NCC#Cc1cc2c(N[C@@H]3CC[C@@H]4CC[C@H]3N4C)nccn2c1SC(F)(F)F. The summed E-state index contributed by atoms with van der Waals surface area (Å²) in [4.78, 5) is 18.1. The van der Waals surface area contributed by atoms with E-state index in [1.54, 1.807) is 12.1 Å². The van der Waals surface area contributed by atoms with Gasteiger partial charge in [-0.2, -0.15) is 13.2 Å². The molecule has 2 saturated heterocycles. The second kappa shape index (κ2) is 10.9. The van der Waals surface area contributed by atoms with E-state index >= 15 is 0 Å². The molecule has 8 nitrogen and oxygen atoms in total. The van der Waals surface area contributed by atoms with Gasteiger partial charge in [0.05, 0.1) is 36.0 Å². The molecule has 3 N–H and O–H groups in total. The number of nitrogens with zero attached hydrogens (tertiary/aromatic N) is 3.